The molecule has 0 radical (unpaired) electrons. The molecule has 0 saturated heterocycles. The van der Waals surface area contributed by atoms with Crippen LogP contribution in [0.15, 0.2) is 36.9 Å². The van der Waals surface area contributed by atoms with Gasteiger partial charge in [0.2, 0.25) is 6.33 Å². The lowest BCUT2D eigenvalue weighted by Crippen LogP contribution is -3.00. The van der Waals surface area contributed by atoms with Gasteiger partial charge in [0.05, 0.1) is 6.54 Å². The molecule has 0 N–H and O–H groups in total. The molecule has 0 atom stereocenters. The Morgan fingerprint density at radius 1 is 1.33 bits per heavy atom. The minimum atomic E-state index is 0. The van der Waals surface area contributed by atoms with Crippen molar-refractivity contribution in [3.8, 4) is 0 Å². The molecule has 18 heavy (non-hydrogen) atoms. The SMILES string of the molecule is CCCCn1c[n+](Cc2ccccc2Cl)cn1.[Cl-]. The molecular formula is C13H17Cl2N3. The highest BCUT2D eigenvalue weighted by molar-refractivity contribution is 6.31. The standard InChI is InChI=1S/C13H17ClN3.ClH/c1-2-3-8-17-11-16(10-15-17)9-12-6-4-5-7-13(12)14;/h4-7,10-11H,2-3,8-9H2,1H3;1H/q+1;/p-1. The van der Waals surface area contributed by atoms with E-state index in [1.807, 2.05) is 41.6 Å². The first-order chi connectivity index (χ1) is 8.29. The zero-order valence-corrected chi connectivity index (χ0v) is 11.9. The second kappa shape index (κ2) is 7.39. The smallest absolute Gasteiger partial charge is 0.265 e. The summed E-state index contributed by atoms with van der Waals surface area (Å²) in [5, 5.41) is 5.12. The van der Waals surface area contributed by atoms with Gasteiger partial charge in [-0.15, -0.1) is 4.68 Å². The molecule has 1 aromatic heterocycles. The van der Waals surface area contributed by atoms with Crippen molar-refractivity contribution in [2.24, 2.45) is 0 Å². The Hall–Kier alpha value is -1.06. The van der Waals surface area contributed by atoms with E-state index in [0.717, 1.165) is 30.1 Å². The summed E-state index contributed by atoms with van der Waals surface area (Å²) in [6.45, 7) is 3.93. The van der Waals surface area contributed by atoms with E-state index in [2.05, 4.69) is 16.6 Å². The number of nitrogens with zero attached hydrogens (tertiary/aromatic N) is 3. The number of benzene rings is 1. The highest BCUT2D eigenvalue weighted by atomic mass is 35.5. The van der Waals surface area contributed by atoms with Crippen LogP contribution in [0.2, 0.25) is 5.02 Å². The maximum Gasteiger partial charge on any atom is 0.265 e. The molecule has 3 nitrogen and oxygen atoms in total. The summed E-state index contributed by atoms with van der Waals surface area (Å²) < 4.78 is 4.03. The molecule has 1 heterocycles. The van der Waals surface area contributed by atoms with Crippen molar-refractivity contribution in [2.45, 2.75) is 32.9 Å². The molecule has 2 rings (SSSR count). The number of hydrogen-bond acceptors (Lipinski definition) is 1. The molecule has 0 aliphatic heterocycles. The molecule has 2 aromatic rings. The van der Waals surface area contributed by atoms with Crippen LogP contribution in [0.25, 0.3) is 0 Å². The van der Waals surface area contributed by atoms with E-state index >= 15 is 0 Å². The summed E-state index contributed by atoms with van der Waals surface area (Å²) in [6, 6.07) is 7.90. The van der Waals surface area contributed by atoms with Gasteiger partial charge in [-0.3, -0.25) is 0 Å². The summed E-state index contributed by atoms with van der Waals surface area (Å²) in [7, 11) is 0. The fourth-order valence-corrected chi connectivity index (χ4v) is 1.90. The highest BCUT2D eigenvalue weighted by Gasteiger charge is 2.07. The van der Waals surface area contributed by atoms with Gasteiger partial charge in [-0.1, -0.05) is 43.1 Å². The first kappa shape index (κ1) is 15.0. The molecular weight excluding hydrogens is 269 g/mol. The predicted molar refractivity (Wildman–Crippen MR) is 67.9 cm³/mol. The van der Waals surface area contributed by atoms with Crippen LogP contribution >= 0.6 is 11.6 Å². The van der Waals surface area contributed by atoms with E-state index in [4.69, 9.17) is 11.6 Å². The molecule has 5 heteroatoms. The Labute approximate surface area is 119 Å². The van der Waals surface area contributed by atoms with Gasteiger partial charge in [0, 0.05) is 15.7 Å². The third-order valence-electron chi connectivity index (χ3n) is 2.68. The summed E-state index contributed by atoms with van der Waals surface area (Å²) in [4.78, 5) is 0. The van der Waals surface area contributed by atoms with E-state index in [9.17, 15) is 0 Å². The molecule has 0 aliphatic carbocycles. The predicted octanol–water partition coefficient (Wildman–Crippen LogP) is -0.324. The van der Waals surface area contributed by atoms with Crippen LogP contribution < -0.4 is 17.0 Å². The van der Waals surface area contributed by atoms with E-state index in [0.29, 0.717) is 0 Å². The van der Waals surface area contributed by atoms with Crippen LogP contribution in [0.1, 0.15) is 25.3 Å². The Bertz CT molecular complexity index is 483. The summed E-state index contributed by atoms with van der Waals surface area (Å²) in [6.07, 6.45) is 6.22. The maximum atomic E-state index is 6.12. The van der Waals surface area contributed by atoms with Gasteiger partial charge in [-0.05, 0) is 12.5 Å². The normalized spacial score (nSPS) is 10.1. The fraction of sp³-hybridized carbons (Fsp3) is 0.385. The van der Waals surface area contributed by atoms with Gasteiger partial charge in [-0.25, -0.2) is 4.57 Å². The van der Waals surface area contributed by atoms with Gasteiger partial charge in [0.15, 0.2) is 0 Å². The van der Waals surface area contributed by atoms with Crippen molar-refractivity contribution >= 4 is 11.6 Å². The summed E-state index contributed by atoms with van der Waals surface area (Å²) >= 11 is 6.12. The van der Waals surface area contributed by atoms with Gasteiger partial charge >= 0.3 is 0 Å². The lowest BCUT2D eigenvalue weighted by Gasteiger charge is -2.00. The monoisotopic (exact) mass is 285 g/mol. The summed E-state index contributed by atoms with van der Waals surface area (Å²) in [5.74, 6) is 0. The first-order valence-electron chi connectivity index (χ1n) is 5.94. The molecule has 1 aromatic carbocycles. The van der Waals surface area contributed by atoms with Crippen molar-refractivity contribution in [1.82, 2.24) is 9.78 Å². The number of aryl methyl sites for hydroxylation is 1. The van der Waals surface area contributed by atoms with Crippen molar-refractivity contribution in [3.05, 3.63) is 47.5 Å². The minimum absolute atomic E-state index is 0. The average molecular weight is 286 g/mol. The number of rotatable bonds is 5. The second-order valence-electron chi connectivity index (χ2n) is 4.13. The van der Waals surface area contributed by atoms with Crippen LogP contribution in [0, 0.1) is 0 Å². The molecule has 0 fully saturated rings. The third kappa shape index (κ3) is 4.00. The molecule has 0 unspecified atom stereocenters. The van der Waals surface area contributed by atoms with E-state index < -0.39 is 0 Å². The highest BCUT2D eigenvalue weighted by Crippen LogP contribution is 2.13. The minimum Gasteiger partial charge on any atom is -1.00 e. The topological polar surface area (TPSA) is 21.7 Å². The van der Waals surface area contributed by atoms with E-state index in [1.54, 1.807) is 0 Å². The maximum absolute atomic E-state index is 6.12. The molecule has 0 amide bonds. The van der Waals surface area contributed by atoms with Gasteiger partial charge < -0.3 is 12.4 Å². The van der Waals surface area contributed by atoms with E-state index in [1.165, 1.54) is 6.42 Å². The van der Waals surface area contributed by atoms with Crippen LogP contribution in [0.3, 0.4) is 0 Å². The Balaban J connectivity index is 0.00000162. The molecule has 0 aliphatic rings. The van der Waals surface area contributed by atoms with Gasteiger partial charge in [0.25, 0.3) is 6.33 Å². The van der Waals surface area contributed by atoms with Gasteiger partial charge in [-0.2, -0.15) is 0 Å². The largest absolute Gasteiger partial charge is 1.00 e. The molecule has 98 valence electrons. The molecule has 0 spiro atoms. The van der Waals surface area contributed by atoms with Crippen LogP contribution in [0.5, 0.6) is 0 Å². The lowest BCUT2D eigenvalue weighted by molar-refractivity contribution is -0.689. The van der Waals surface area contributed by atoms with Crippen molar-refractivity contribution in [3.63, 3.8) is 0 Å². The Morgan fingerprint density at radius 2 is 2.11 bits per heavy atom. The van der Waals surface area contributed by atoms with Crippen molar-refractivity contribution in [2.75, 3.05) is 0 Å². The number of aromatic nitrogens is 3. The number of unbranched alkanes of at least 4 members (excludes halogenated alkanes) is 1. The van der Waals surface area contributed by atoms with Gasteiger partial charge in [0.1, 0.15) is 6.54 Å². The van der Waals surface area contributed by atoms with E-state index in [-0.39, 0.29) is 12.4 Å². The Morgan fingerprint density at radius 3 is 2.83 bits per heavy atom. The summed E-state index contributed by atoms with van der Waals surface area (Å²) in [5.41, 5.74) is 1.12. The van der Waals surface area contributed by atoms with Crippen LogP contribution in [-0.4, -0.2) is 9.78 Å². The Kier molecular flexibility index (Phi) is 6.16. The number of hydrogen-bond donors (Lipinski definition) is 0. The van der Waals surface area contributed by atoms with Crippen molar-refractivity contribution < 1.29 is 17.0 Å². The molecule has 0 bridgehead atoms. The quantitative estimate of drug-likeness (QED) is 0.690. The van der Waals surface area contributed by atoms with Crippen LogP contribution in [-0.2, 0) is 13.1 Å². The van der Waals surface area contributed by atoms with Crippen LogP contribution in [0.4, 0.5) is 0 Å². The lowest BCUT2D eigenvalue weighted by atomic mass is 10.2. The number of halogens is 2. The molecule has 0 saturated carbocycles. The third-order valence-corrected chi connectivity index (χ3v) is 3.05. The zero-order chi connectivity index (χ0) is 12.1. The first-order valence-corrected chi connectivity index (χ1v) is 6.32. The average Bonchev–Trinajstić information content (AvgIpc) is 2.77. The second-order valence-corrected chi connectivity index (χ2v) is 4.53. The van der Waals surface area contributed by atoms with Crippen molar-refractivity contribution in [1.29, 1.82) is 0 Å². The fourth-order valence-electron chi connectivity index (χ4n) is 1.70. The zero-order valence-electron chi connectivity index (χ0n) is 10.4.